The lowest BCUT2D eigenvalue weighted by Crippen LogP contribution is -2.30. The van der Waals surface area contributed by atoms with E-state index < -0.39 is 5.97 Å². The summed E-state index contributed by atoms with van der Waals surface area (Å²) < 4.78 is 14.9. The van der Waals surface area contributed by atoms with Crippen LogP contribution >= 0.6 is 0 Å². The van der Waals surface area contributed by atoms with Crippen LogP contribution < -0.4 is 0 Å². The molecular formula is C17H33NO5. The van der Waals surface area contributed by atoms with Gasteiger partial charge in [-0.2, -0.15) is 0 Å². The number of unbranched alkanes of at least 4 members (excludes halogenated alkanes) is 2. The van der Waals surface area contributed by atoms with Gasteiger partial charge in [0.2, 0.25) is 0 Å². The van der Waals surface area contributed by atoms with Gasteiger partial charge in [-0.25, -0.2) is 0 Å². The minimum atomic E-state index is -0.397. The molecule has 6 nitrogen and oxygen atoms in total. The van der Waals surface area contributed by atoms with E-state index in [0.29, 0.717) is 13.2 Å². The molecule has 0 bridgehead atoms. The van der Waals surface area contributed by atoms with E-state index >= 15 is 0 Å². The van der Waals surface area contributed by atoms with Crippen LogP contribution in [-0.4, -0.2) is 63.4 Å². The van der Waals surface area contributed by atoms with Gasteiger partial charge in [-0.05, 0) is 25.9 Å². The molecular weight excluding hydrogens is 298 g/mol. The van der Waals surface area contributed by atoms with E-state index in [2.05, 4.69) is 18.7 Å². The zero-order chi connectivity index (χ0) is 17.3. The first-order chi connectivity index (χ1) is 11.1. The molecule has 0 saturated heterocycles. The maximum atomic E-state index is 11.6. The Morgan fingerprint density at radius 1 is 0.783 bits per heavy atom. The number of ether oxygens (including phenoxy) is 3. The van der Waals surface area contributed by atoms with E-state index in [0.717, 1.165) is 45.3 Å². The highest BCUT2D eigenvalue weighted by molar-refractivity contribution is 5.77. The number of esters is 2. The van der Waals surface area contributed by atoms with E-state index in [1.54, 1.807) is 0 Å². The van der Waals surface area contributed by atoms with Gasteiger partial charge in [-0.1, -0.05) is 26.7 Å². The largest absolute Gasteiger partial charge is 0.464 e. The lowest BCUT2D eigenvalue weighted by Gasteiger charge is -2.21. The fourth-order valence-corrected chi connectivity index (χ4v) is 1.97. The van der Waals surface area contributed by atoms with Crippen molar-refractivity contribution in [3.8, 4) is 0 Å². The highest BCUT2D eigenvalue weighted by Gasteiger charge is 2.10. The molecule has 0 radical (unpaired) electrons. The molecule has 0 fully saturated rings. The molecule has 0 spiro atoms. The summed E-state index contributed by atoms with van der Waals surface area (Å²) in [7, 11) is 1.54. The van der Waals surface area contributed by atoms with Gasteiger partial charge in [-0.3, -0.25) is 14.5 Å². The Labute approximate surface area is 140 Å². The molecule has 0 amide bonds. The third-order valence-corrected chi connectivity index (χ3v) is 3.41. The molecule has 0 N–H and O–H groups in total. The number of nitrogens with zero attached hydrogens (tertiary/aromatic N) is 1. The number of rotatable bonds is 15. The molecule has 0 aliphatic carbocycles. The average molecular weight is 331 g/mol. The number of methoxy groups -OCH3 is 1. The van der Waals surface area contributed by atoms with Crippen LogP contribution in [0, 0.1) is 0 Å². The Bertz CT molecular complexity index is 301. The van der Waals surface area contributed by atoms with Crippen molar-refractivity contribution in [2.24, 2.45) is 0 Å². The molecule has 0 atom stereocenters. The van der Waals surface area contributed by atoms with Gasteiger partial charge < -0.3 is 14.2 Å². The lowest BCUT2D eigenvalue weighted by atomic mass is 10.2. The van der Waals surface area contributed by atoms with Crippen LogP contribution in [0.4, 0.5) is 0 Å². The van der Waals surface area contributed by atoms with E-state index in [9.17, 15) is 9.59 Å². The van der Waals surface area contributed by atoms with Crippen molar-refractivity contribution >= 4 is 11.9 Å². The zero-order valence-electron chi connectivity index (χ0n) is 15.0. The Morgan fingerprint density at radius 2 is 1.30 bits per heavy atom. The molecule has 0 aromatic rings. The predicted molar refractivity (Wildman–Crippen MR) is 89.3 cm³/mol. The Kier molecular flexibility index (Phi) is 15.0. The normalized spacial score (nSPS) is 10.8. The van der Waals surface area contributed by atoms with Gasteiger partial charge in [0.25, 0.3) is 0 Å². The second-order valence-corrected chi connectivity index (χ2v) is 5.48. The SMILES string of the molecule is CCCCN(CCCC)CCOC(=O)CCC(=O)OCCOC. The number of hydrogen-bond donors (Lipinski definition) is 0. The molecule has 0 aromatic heterocycles. The first-order valence-corrected chi connectivity index (χ1v) is 8.66. The minimum absolute atomic E-state index is 0.0535. The third kappa shape index (κ3) is 14.2. The van der Waals surface area contributed by atoms with Crippen LogP contribution in [0.2, 0.25) is 0 Å². The van der Waals surface area contributed by atoms with Crippen LogP contribution in [0.5, 0.6) is 0 Å². The smallest absolute Gasteiger partial charge is 0.306 e. The topological polar surface area (TPSA) is 65.1 Å². The van der Waals surface area contributed by atoms with Crippen LogP contribution in [0.15, 0.2) is 0 Å². The van der Waals surface area contributed by atoms with E-state index in [4.69, 9.17) is 14.2 Å². The fraction of sp³-hybridized carbons (Fsp3) is 0.882. The molecule has 0 unspecified atom stereocenters. The average Bonchev–Trinajstić information content (AvgIpc) is 2.55. The highest BCUT2D eigenvalue weighted by Crippen LogP contribution is 2.01. The molecule has 0 heterocycles. The van der Waals surface area contributed by atoms with Crippen LogP contribution in [0.1, 0.15) is 52.4 Å². The van der Waals surface area contributed by atoms with E-state index in [1.165, 1.54) is 7.11 Å². The summed E-state index contributed by atoms with van der Waals surface area (Å²) in [5.74, 6) is -0.744. The van der Waals surface area contributed by atoms with E-state index in [-0.39, 0.29) is 25.4 Å². The summed E-state index contributed by atoms with van der Waals surface area (Å²) in [6.07, 6.45) is 4.75. The van der Waals surface area contributed by atoms with Gasteiger partial charge >= 0.3 is 11.9 Å². The van der Waals surface area contributed by atoms with Crippen molar-refractivity contribution in [1.29, 1.82) is 0 Å². The quantitative estimate of drug-likeness (QED) is 0.339. The predicted octanol–water partition coefficient (Wildman–Crippen LogP) is 2.40. The molecule has 0 saturated carbocycles. The number of carbonyl (C=O) groups is 2. The second-order valence-electron chi connectivity index (χ2n) is 5.48. The number of hydrogen-bond acceptors (Lipinski definition) is 6. The Hall–Kier alpha value is -1.14. The molecule has 6 heteroatoms. The van der Waals surface area contributed by atoms with Crippen molar-refractivity contribution in [3.05, 3.63) is 0 Å². The molecule has 23 heavy (non-hydrogen) atoms. The highest BCUT2D eigenvalue weighted by atomic mass is 16.6. The van der Waals surface area contributed by atoms with Gasteiger partial charge in [0.15, 0.2) is 0 Å². The summed E-state index contributed by atoms with van der Waals surface area (Å²) in [4.78, 5) is 25.3. The fourth-order valence-electron chi connectivity index (χ4n) is 1.97. The second kappa shape index (κ2) is 15.7. The summed E-state index contributed by atoms with van der Waals surface area (Å²) in [6, 6.07) is 0. The first kappa shape index (κ1) is 21.9. The Morgan fingerprint density at radius 3 is 1.78 bits per heavy atom. The van der Waals surface area contributed by atoms with Crippen LogP contribution in [0.3, 0.4) is 0 Å². The standard InChI is InChI=1S/C17H33NO5/c1-4-6-10-18(11-7-5-2)12-13-22-16(19)8-9-17(20)23-15-14-21-3/h4-15H2,1-3H3. The molecule has 136 valence electrons. The van der Waals surface area contributed by atoms with Gasteiger partial charge in [0.1, 0.15) is 13.2 Å². The van der Waals surface area contributed by atoms with Crippen molar-refractivity contribution < 1.29 is 23.8 Å². The lowest BCUT2D eigenvalue weighted by molar-refractivity contribution is -0.151. The van der Waals surface area contributed by atoms with Crippen molar-refractivity contribution in [1.82, 2.24) is 4.90 Å². The Balaban J connectivity index is 3.77. The van der Waals surface area contributed by atoms with E-state index in [1.807, 2.05) is 0 Å². The van der Waals surface area contributed by atoms with Gasteiger partial charge in [0, 0.05) is 13.7 Å². The molecule has 0 aromatic carbocycles. The summed E-state index contributed by atoms with van der Waals surface area (Å²) in [5, 5.41) is 0. The minimum Gasteiger partial charge on any atom is -0.464 e. The maximum Gasteiger partial charge on any atom is 0.306 e. The van der Waals surface area contributed by atoms with Gasteiger partial charge in [-0.15, -0.1) is 0 Å². The summed E-state index contributed by atoms with van der Waals surface area (Å²) in [6.45, 7) is 8.14. The number of carbonyl (C=O) groups excluding carboxylic acids is 2. The van der Waals surface area contributed by atoms with Crippen molar-refractivity contribution in [2.75, 3.05) is 46.6 Å². The molecule has 0 rings (SSSR count). The van der Waals surface area contributed by atoms with Crippen LogP contribution in [-0.2, 0) is 23.8 Å². The molecule has 0 aliphatic rings. The monoisotopic (exact) mass is 331 g/mol. The maximum absolute atomic E-state index is 11.6. The summed E-state index contributed by atoms with van der Waals surface area (Å²) >= 11 is 0. The van der Waals surface area contributed by atoms with Crippen molar-refractivity contribution in [3.63, 3.8) is 0 Å². The summed E-state index contributed by atoms with van der Waals surface area (Å²) in [5.41, 5.74) is 0. The molecule has 0 aliphatic heterocycles. The van der Waals surface area contributed by atoms with Crippen molar-refractivity contribution in [2.45, 2.75) is 52.4 Å². The van der Waals surface area contributed by atoms with Gasteiger partial charge in [0.05, 0.1) is 19.4 Å². The zero-order valence-corrected chi connectivity index (χ0v) is 15.0. The first-order valence-electron chi connectivity index (χ1n) is 8.66. The third-order valence-electron chi connectivity index (χ3n) is 3.41. The van der Waals surface area contributed by atoms with Crippen LogP contribution in [0.25, 0.3) is 0 Å².